The standard InChI is InChI=1S/C70H44N2O2/c1-3-19-51(20-4-1)71(55-37-27-45-15-7-9-17-49(45)39-55)53-33-29-47(30-34-53)61-41-67-69(59-25-13-11-23-57(59)61)63-43-66-64(44-65(63)73-67)70-60-26-14-12-24-58(60)62(42-68(70)74-66)48-31-35-54(36-32-48)72(52-21-5-2-6-22-52)56-38-28-46-16-8-10-18-50(46)40-56/h1-44H. The zero-order valence-electron chi connectivity index (χ0n) is 40.1. The van der Waals surface area contributed by atoms with Crippen LogP contribution in [-0.4, -0.2) is 0 Å². The molecule has 74 heavy (non-hydrogen) atoms. The molecule has 15 aromatic rings. The van der Waals surface area contributed by atoms with Gasteiger partial charge in [-0.15, -0.1) is 0 Å². The highest BCUT2D eigenvalue weighted by Gasteiger charge is 2.22. The number of furan rings is 2. The van der Waals surface area contributed by atoms with Crippen molar-refractivity contribution in [3.63, 3.8) is 0 Å². The fraction of sp³-hybridized carbons (Fsp3) is 0. The molecular formula is C70H44N2O2. The van der Waals surface area contributed by atoms with Gasteiger partial charge in [-0.1, -0.05) is 170 Å². The Balaban J connectivity index is 0.819. The molecule has 0 radical (unpaired) electrons. The van der Waals surface area contributed by atoms with Crippen LogP contribution in [0.25, 0.3) is 109 Å². The maximum atomic E-state index is 6.93. The second-order valence-corrected chi connectivity index (χ2v) is 19.2. The highest BCUT2D eigenvalue weighted by Crippen LogP contribution is 2.47. The lowest BCUT2D eigenvalue weighted by molar-refractivity contribution is 0.664. The summed E-state index contributed by atoms with van der Waals surface area (Å²) in [7, 11) is 0. The Morgan fingerprint density at radius 2 is 0.554 bits per heavy atom. The first kappa shape index (κ1) is 41.8. The number of rotatable bonds is 8. The molecule has 0 spiro atoms. The van der Waals surface area contributed by atoms with Gasteiger partial charge in [0.2, 0.25) is 0 Å². The van der Waals surface area contributed by atoms with Crippen LogP contribution >= 0.6 is 0 Å². The van der Waals surface area contributed by atoms with E-state index in [-0.39, 0.29) is 0 Å². The number of hydrogen-bond acceptors (Lipinski definition) is 4. The van der Waals surface area contributed by atoms with Crippen molar-refractivity contribution >= 4 is 121 Å². The molecule has 0 saturated heterocycles. The molecule has 2 heterocycles. The topological polar surface area (TPSA) is 32.8 Å². The van der Waals surface area contributed by atoms with Gasteiger partial charge in [-0.25, -0.2) is 0 Å². The summed E-state index contributed by atoms with van der Waals surface area (Å²) in [6.07, 6.45) is 0. The Hall–Kier alpha value is -9.90. The van der Waals surface area contributed by atoms with E-state index in [2.05, 4.69) is 277 Å². The summed E-state index contributed by atoms with van der Waals surface area (Å²) >= 11 is 0. The molecule has 0 unspecified atom stereocenters. The Kier molecular flexibility index (Phi) is 9.54. The molecule has 0 bridgehead atoms. The third kappa shape index (κ3) is 6.84. The van der Waals surface area contributed by atoms with Crippen LogP contribution in [0.3, 0.4) is 0 Å². The molecular weight excluding hydrogens is 901 g/mol. The van der Waals surface area contributed by atoms with E-state index in [1.54, 1.807) is 0 Å². The van der Waals surface area contributed by atoms with Crippen molar-refractivity contribution in [2.75, 3.05) is 9.80 Å². The molecule has 0 aliphatic rings. The summed E-state index contributed by atoms with van der Waals surface area (Å²) < 4.78 is 13.9. The molecule has 0 fully saturated rings. The van der Waals surface area contributed by atoms with Crippen molar-refractivity contribution in [2.45, 2.75) is 0 Å². The van der Waals surface area contributed by atoms with Gasteiger partial charge in [-0.2, -0.15) is 0 Å². The van der Waals surface area contributed by atoms with Crippen molar-refractivity contribution in [2.24, 2.45) is 0 Å². The summed E-state index contributed by atoms with van der Waals surface area (Å²) in [6, 6.07) is 95.7. The van der Waals surface area contributed by atoms with Crippen LogP contribution in [0.2, 0.25) is 0 Å². The quantitative estimate of drug-likeness (QED) is 0.152. The summed E-state index contributed by atoms with van der Waals surface area (Å²) in [5.74, 6) is 0. The van der Waals surface area contributed by atoms with Crippen LogP contribution in [0.1, 0.15) is 0 Å². The van der Waals surface area contributed by atoms with Crippen molar-refractivity contribution in [3.8, 4) is 22.3 Å². The van der Waals surface area contributed by atoms with Gasteiger partial charge in [0.05, 0.1) is 0 Å². The monoisotopic (exact) mass is 944 g/mol. The fourth-order valence-electron chi connectivity index (χ4n) is 11.5. The van der Waals surface area contributed by atoms with Crippen molar-refractivity contribution in [1.29, 1.82) is 0 Å². The van der Waals surface area contributed by atoms with Crippen LogP contribution in [0.15, 0.2) is 276 Å². The van der Waals surface area contributed by atoms with Gasteiger partial charge in [-0.05, 0) is 162 Å². The lowest BCUT2D eigenvalue weighted by Crippen LogP contribution is -2.09. The maximum Gasteiger partial charge on any atom is 0.136 e. The molecule has 0 amide bonds. The van der Waals surface area contributed by atoms with Crippen LogP contribution in [0, 0.1) is 0 Å². The zero-order valence-corrected chi connectivity index (χ0v) is 40.1. The molecule has 0 aliphatic carbocycles. The lowest BCUT2D eigenvalue weighted by Gasteiger charge is -2.26. The fourth-order valence-corrected chi connectivity index (χ4v) is 11.5. The van der Waals surface area contributed by atoms with E-state index < -0.39 is 0 Å². The van der Waals surface area contributed by atoms with Gasteiger partial charge in [0.25, 0.3) is 0 Å². The molecule has 0 saturated carbocycles. The first-order valence-electron chi connectivity index (χ1n) is 25.2. The number of para-hydroxylation sites is 2. The average molecular weight is 945 g/mol. The third-order valence-corrected chi connectivity index (χ3v) is 15.0. The molecule has 13 aromatic carbocycles. The van der Waals surface area contributed by atoms with Gasteiger partial charge in [0.1, 0.15) is 22.3 Å². The lowest BCUT2D eigenvalue weighted by atomic mass is 9.93. The van der Waals surface area contributed by atoms with Crippen LogP contribution in [0.5, 0.6) is 0 Å². The first-order chi connectivity index (χ1) is 36.7. The minimum atomic E-state index is 0.833. The van der Waals surface area contributed by atoms with Gasteiger partial charge < -0.3 is 18.6 Å². The Morgan fingerprint density at radius 3 is 0.973 bits per heavy atom. The van der Waals surface area contributed by atoms with E-state index in [1.165, 1.54) is 32.3 Å². The summed E-state index contributed by atoms with van der Waals surface area (Å²) in [4.78, 5) is 4.65. The van der Waals surface area contributed by atoms with Gasteiger partial charge >= 0.3 is 0 Å². The number of anilines is 6. The average Bonchev–Trinajstić information content (AvgIpc) is 4.06. The number of fused-ring (bicyclic) bond motifs is 12. The van der Waals surface area contributed by atoms with E-state index in [0.29, 0.717) is 0 Å². The molecule has 0 aliphatic heterocycles. The van der Waals surface area contributed by atoms with E-state index >= 15 is 0 Å². The van der Waals surface area contributed by atoms with Gasteiger partial charge in [0, 0.05) is 55.7 Å². The number of benzene rings is 13. The van der Waals surface area contributed by atoms with Crippen LogP contribution in [0.4, 0.5) is 34.1 Å². The Morgan fingerprint density at radius 1 is 0.216 bits per heavy atom. The molecule has 2 aromatic heterocycles. The first-order valence-corrected chi connectivity index (χ1v) is 25.2. The Labute approximate surface area is 426 Å². The summed E-state index contributed by atoms with van der Waals surface area (Å²) in [5.41, 5.74) is 14.4. The van der Waals surface area contributed by atoms with Crippen LogP contribution < -0.4 is 9.80 Å². The van der Waals surface area contributed by atoms with E-state index in [4.69, 9.17) is 8.83 Å². The van der Waals surface area contributed by atoms with E-state index in [0.717, 1.165) is 111 Å². The van der Waals surface area contributed by atoms with Crippen molar-refractivity contribution in [3.05, 3.63) is 267 Å². The largest absolute Gasteiger partial charge is 0.456 e. The minimum Gasteiger partial charge on any atom is -0.456 e. The SMILES string of the molecule is c1ccc(N(c2ccc(-c3cc4oc5cc6c(cc5c4c4ccccc34)oc3cc(-c4ccc(N(c5ccccc5)c5ccc7ccccc7c5)cc4)c4ccccc4c36)cc2)c2ccc3ccccc3c2)cc1. The van der Waals surface area contributed by atoms with E-state index in [1.807, 2.05) is 0 Å². The molecule has 4 heteroatoms. The van der Waals surface area contributed by atoms with Gasteiger partial charge in [-0.3, -0.25) is 0 Å². The number of nitrogens with zero attached hydrogens (tertiary/aromatic N) is 2. The zero-order chi connectivity index (χ0) is 48.7. The molecule has 15 rings (SSSR count). The highest BCUT2D eigenvalue weighted by molar-refractivity contribution is 6.27. The summed E-state index contributed by atoms with van der Waals surface area (Å²) in [5, 5.41) is 13.7. The van der Waals surface area contributed by atoms with Crippen LogP contribution in [-0.2, 0) is 0 Å². The second kappa shape index (κ2) is 16.9. The third-order valence-electron chi connectivity index (χ3n) is 15.0. The highest BCUT2D eigenvalue weighted by atomic mass is 16.3. The van der Waals surface area contributed by atoms with Crippen molar-refractivity contribution < 1.29 is 8.83 Å². The molecule has 0 atom stereocenters. The maximum absolute atomic E-state index is 6.93. The predicted octanol–water partition coefficient (Wildman–Crippen LogP) is 20.4. The number of hydrogen-bond donors (Lipinski definition) is 0. The molecule has 4 nitrogen and oxygen atoms in total. The van der Waals surface area contributed by atoms with Crippen molar-refractivity contribution in [1.82, 2.24) is 0 Å². The second-order valence-electron chi connectivity index (χ2n) is 19.2. The van der Waals surface area contributed by atoms with Gasteiger partial charge in [0.15, 0.2) is 0 Å². The minimum absolute atomic E-state index is 0.833. The molecule has 0 N–H and O–H groups in total. The summed E-state index contributed by atoms with van der Waals surface area (Å²) in [6.45, 7) is 0. The van der Waals surface area contributed by atoms with E-state index in [9.17, 15) is 0 Å². The smallest absolute Gasteiger partial charge is 0.136 e. The normalized spacial score (nSPS) is 11.8. The molecule has 346 valence electrons. The predicted molar refractivity (Wildman–Crippen MR) is 311 cm³/mol. The Bertz CT molecular complexity index is 4350.